The fourth-order valence-corrected chi connectivity index (χ4v) is 3.29. The second kappa shape index (κ2) is 12.0. The first-order chi connectivity index (χ1) is 17.3. The highest BCUT2D eigenvalue weighted by Gasteiger charge is 2.17. The lowest BCUT2D eigenvalue weighted by Gasteiger charge is -2.12. The summed E-state index contributed by atoms with van der Waals surface area (Å²) in [5.41, 5.74) is 1.05. The second-order valence-corrected chi connectivity index (χ2v) is 7.72. The average Bonchev–Trinajstić information content (AvgIpc) is 2.91. The number of hydrogen-bond donors (Lipinski definition) is 2. The smallest absolute Gasteiger partial charge is 0.257 e. The number of amides is 2. The molecule has 36 heavy (non-hydrogen) atoms. The minimum Gasteiger partial charge on any atom is -0.494 e. The summed E-state index contributed by atoms with van der Waals surface area (Å²) in [5, 5.41) is 4.88. The molecule has 0 aliphatic heterocycles. The zero-order valence-corrected chi connectivity index (χ0v) is 20.4. The lowest BCUT2D eigenvalue weighted by Crippen LogP contribution is -2.30. The molecule has 0 spiro atoms. The molecule has 3 aromatic rings. The fraction of sp³-hybridized carbons (Fsp3) is 0.200. The second-order valence-electron chi connectivity index (χ2n) is 7.31. The monoisotopic (exact) mass is 515 g/mol. The van der Waals surface area contributed by atoms with Crippen molar-refractivity contribution in [3.63, 3.8) is 0 Å². The van der Waals surface area contributed by atoms with Crippen molar-refractivity contribution in [3.8, 4) is 28.5 Å². The Bertz CT molecular complexity index is 1300. The van der Waals surface area contributed by atoms with Crippen LogP contribution in [-0.2, 0) is 4.79 Å². The molecule has 0 unspecified atom stereocenters. The minimum atomic E-state index is -0.586. The van der Waals surface area contributed by atoms with Crippen LogP contribution in [0.2, 0.25) is 5.02 Å². The van der Waals surface area contributed by atoms with Crippen LogP contribution in [0.4, 0.5) is 4.39 Å². The number of nitrogens with zero attached hydrogens (tertiary/aromatic N) is 1. The lowest BCUT2D eigenvalue weighted by atomic mass is 10.1. The van der Waals surface area contributed by atoms with Gasteiger partial charge in [-0.2, -0.15) is 0 Å². The fourth-order valence-electron chi connectivity index (χ4n) is 3.11. The van der Waals surface area contributed by atoms with Crippen molar-refractivity contribution in [1.82, 2.24) is 15.6 Å². The number of aromatic nitrogens is 1. The van der Waals surface area contributed by atoms with Gasteiger partial charge in [-0.15, -0.1) is 0 Å². The predicted octanol–water partition coefficient (Wildman–Crippen LogP) is 3.30. The van der Waals surface area contributed by atoms with Crippen molar-refractivity contribution < 1.29 is 33.0 Å². The number of benzene rings is 2. The molecular formula is C25H23ClFN3O6. The van der Waals surface area contributed by atoms with Crippen molar-refractivity contribution in [3.05, 3.63) is 70.6 Å². The SMILES string of the molecule is CNC(=O)COc1ccc(C(=O)NCC(=O)c2ccc(OC)c(-c3ccc(F)c(Cl)c3)n2)cc1OC. The van der Waals surface area contributed by atoms with E-state index >= 15 is 0 Å². The van der Waals surface area contributed by atoms with Gasteiger partial charge in [0.2, 0.25) is 0 Å². The summed E-state index contributed by atoms with van der Waals surface area (Å²) in [5.74, 6) is -1.00. The molecule has 1 heterocycles. The molecule has 11 heteroatoms. The number of carbonyl (C=O) groups excluding carboxylic acids is 3. The molecule has 2 amide bonds. The molecule has 0 aliphatic carbocycles. The number of ketones is 1. The lowest BCUT2D eigenvalue weighted by molar-refractivity contribution is -0.122. The van der Waals surface area contributed by atoms with Crippen LogP contribution in [-0.4, -0.2) is 57.0 Å². The Balaban J connectivity index is 1.72. The topological polar surface area (TPSA) is 116 Å². The zero-order chi connectivity index (χ0) is 26.2. The van der Waals surface area contributed by atoms with E-state index in [2.05, 4.69) is 15.6 Å². The van der Waals surface area contributed by atoms with E-state index in [4.69, 9.17) is 25.8 Å². The van der Waals surface area contributed by atoms with Gasteiger partial charge in [-0.1, -0.05) is 11.6 Å². The van der Waals surface area contributed by atoms with E-state index in [-0.39, 0.29) is 46.8 Å². The van der Waals surface area contributed by atoms with Gasteiger partial charge in [0.15, 0.2) is 23.9 Å². The Morgan fingerprint density at radius 3 is 2.36 bits per heavy atom. The summed E-state index contributed by atoms with van der Waals surface area (Å²) in [6.45, 7) is -0.549. The molecule has 0 radical (unpaired) electrons. The number of methoxy groups -OCH3 is 2. The van der Waals surface area contributed by atoms with E-state index in [9.17, 15) is 18.8 Å². The molecule has 1 aromatic heterocycles. The van der Waals surface area contributed by atoms with Crippen LogP contribution in [0.1, 0.15) is 20.8 Å². The average molecular weight is 516 g/mol. The number of rotatable bonds is 10. The maximum absolute atomic E-state index is 13.6. The Morgan fingerprint density at radius 2 is 1.69 bits per heavy atom. The molecule has 0 saturated carbocycles. The molecule has 0 fully saturated rings. The van der Waals surface area contributed by atoms with Crippen molar-refractivity contribution in [2.45, 2.75) is 0 Å². The van der Waals surface area contributed by atoms with Crippen LogP contribution in [0, 0.1) is 5.82 Å². The van der Waals surface area contributed by atoms with Crippen molar-refractivity contribution >= 4 is 29.2 Å². The van der Waals surface area contributed by atoms with E-state index in [1.54, 1.807) is 6.07 Å². The number of halogens is 2. The van der Waals surface area contributed by atoms with Crippen molar-refractivity contribution in [2.24, 2.45) is 0 Å². The first-order valence-corrected chi connectivity index (χ1v) is 11.0. The standard InChI is InChI=1S/C25H23ClFN3O6/c1-28-23(32)13-36-20-8-5-15(11-22(20)35-3)25(33)29-12-19(31)18-7-9-21(34-2)24(30-18)14-4-6-17(27)16(26)10-14/h4-11H,12-13H2,1-3H3,(H,28,32)(H,29,33). The number of hydrogen-bond acceptors (Lipinski definition) is 7. The Labute approximate surface area is 211 Å². The van der Waals surface area contributed by atoms with Gasteiger partial charge in [0, 0.05) is 18.2 Å². The van der Waals surface area contributed by atoms with Gasteiger partial charge in [-0.05, 0) is 48.5 Å². The normalized spacial score (nSPS) is 10.4. The van der Waals surface area contributed by atoms with Crippen LogP contribution in [0.15, 0.2) is 48.5 Å². The van der Waals surface area contributed by atoms with Gasteiger partial charge in [0.1, 0.15) is 23.0 Å². The molecule has 3 rings (SSSR count). The van der Waals surface area contributed by atoms with Gasteiger partial charge >= 0.3 is 0 Å². The summed E-state index contributed by atoms with van der Waals surface area (Å²) in [6.07, 6.45) is 0. The Morgan fingerprint density at radius 1 is 0.972 bits per heavy atom. The molecule has 9 nitrogen and oxygen atoms in total. The Hall–Kier alpha value is -4.18. The van der Waals surface area contributed by atoms with Gasteiger partial charge < -0.3 is 24.8 Å². The summed E-state index contributed by atoms with van der Waals surface area (Å²) >= 11 is 5.88. The number of ether oxygens (including phenoxy) is 3. The van der Waals surface area contributed by atoms with Gasteiger partial charge in [0.05, 0.1) is 25.8 Å². The van der Waals surface area contributed by atoms with E-state index in [0.29, 0.717) is 17.0 Å². The van der Waals surface area contributed by atoms with E-state index in [0.717, 1.165) is 0 Å². The highest BCUT2D eigenvalue weighted by atomic mass is 35.5. The predicted molar refractivity (Wildman–Crippen MR) is 130 cm³/mol. The molecule has 0 bridgehead atoms. The number of nitrogens with one attached hydrogen (secondary N) is 2. The minimum absolute atomic E-state index is 0.0714. The van der Waals surface area contributed by atoms with Crippen LogP contribution in [0.5, 0.6) is 17.2 Å². The van der Waals surface area contributed by atoms with Crippen LogP contribution < -0.4 is 24.8 Å². The summed E-state index contributed by atoms with van der Waals surface area (Å²) in [6, 6.07) is 11.5. The number of likely N-dealkylation sites (N-methyl/N-ethyl adjacent to an activating group) is 1. The van der Waals surface area contributed by atoms with E-state index in [1.807, 2.05) is 0 Å². The maximum atomic E-state index is 13.6. The van der Waals surface area contributed by atoms with Crippen LogP contribution in [0.3, 0.4) is 0 Å². The Kier molecular flexibility index (Phi) is 8.80. The first kappa shape index (κ1) is 26.4. The summed E-state index contributed by atoms with van der Waals surface area (Å²) in [7, 11) is 4.32. The third kappa shape index (κ3) is 6.28. The van der Waals surface area contributed by atoms with Crippen molar-refractivity contribution in [2.75, 3.05) is 34.4 Å². The zero-order valence-electron chi connectivity index (χ0n) is 19.7. The maximum Gasteiger partial charge on any atom is 0.257 e. The number of pyridine rings is 1. The van der Waals surface area contributed by atoms with Crippen LogP contribution in [0.25, 0.3) is 11.3 Å². The van der Waals surface area contributed by atoms with E-state index in [1.165, 1.54) is 63.7 Å². The van der Waals surface area contributed by atoms with Crippen LogP contribution >= 0.6 is 11.6 Å². The molecule has 0 aliphatic rings. The number of carbonyl (C=O) groups is 3. The molecule has 2 aromatic carbocycles. The number of Topliss-reactive ketones (excluding diaryl/α,β-unsaturated/α-hetero) is 1. The third-order valence-electron chi connectivity index (χ3n) is 5.03. The molecule has 2 N–H and O–H groups in total. The highest BCUT2D eigenvalue weighted by molar-refractivity contribution is 6.31. The summed E-state index contributed by atoms with van der Waals surface area (Å²) in [4.78, 5) is 41.1. The molecule has 0 atom stereocenters. The summed E-state index contributed by atoms with van der Waals surface area (Å²) < 4.78 is 29.5. The molecular weight excluding hydrogens is 493 g/mol. The first-order valence-electron chi connectivity index (χ1n) is 10.6. The van der Waals surface area contributed by atoms with Gasteiger partial charge in [-0.3, -0.25) is 14.4 Å². The van der Waals surface area contributed by atoms with Gasteiger partial charge in [0.25, 0.3) is 11.8 Å². The molecule has 188 valence electrons. The molecule has 0 saturated heterocycles. The van der Waals surface area contributed by atoms with E-state index < -0.39 is 17.5 Å². The van der Waals surface area contributed by atoms with Crippen molar-refractivity contribution in [1.29, 1.82) is 0 Å². The third-order valence-corrected chi connectivity index (χ3v) is 5.32. The highest BCUT2D eigenvalue weighted by Crippen LogP contribution is 2.31. The largest absolute Gasteiger partial charge is 0.494 e. The quantitative estimate of drug-likeness (QED) is 0.398. The van der Waals surface area contributed by atoms with Gasteiger partial charge in [-0.25, -0.2) is 9.37 Å².